The first-order valence-corrected chi connectivity index (χ1v) is 13.6. The van der Waals surface area contributed by atoms with Crippen molar-refractivity contribution in [2.45, 2.75) is 58.7 Å². The van der Waals surface area contributed by atoms with Gasteiger partial charge in [-0.3, -0.25) is 13.9 Å². The minimum atomic E-state index is -3.56. The van der Waals surface area contributed by atoms with E-state index in [2.05, 4.69) is 5.32 Å². The Balaban J connectivity index is 2.14. The Hall–Kier alpha value is -2.58. The highest BCUT2D eigenvalue weighted by atomic mass is 35.5. The highest BCUT2D eigenvalue weighted by molar-refractivity contribution is 7.92. The number of amides is 2. The van der Waals surface area contributed by atoms with E-state index in [4.69, 9.17) is 11.6 Å². The molecule has 0 saturated carbocycles. The van der Waals surface area contributed by atoms with Crippen molar-refractivity contribution in [2.75, 3.05) is 17.1 Å². The van der Waals surface area contributed by atoms with Crippen LogP contribution < -0.4 is 9.62 Å². The highest BCUT2D eigenvalue weighted by Crippen LogP contribution is 2.22. The summed E-state index contributed by atoms with van der Waals surface area (Å²) in [6.45, 7) is 6.03. The molecule has 0 saturated heterocycles. The van der Waals surface area contributed by atoms with E-state index in [0.29, 0.717) is 23.7 Å². The maximum Gasteiger partial charge on any atom is 0.242 e. The molecule has 0 aliphatic carbocycles. The molecule has 0 unspecified atom stereocenters. The van der Waals surface area contributed by atoms with Crippen LogP contribution in [0.3, 0.4) is 0 Å². The molecule has 0 aliphatic rings. The number of carbonyl (C=O) groups excluding carboxylic acids is 2. The van der Waals surface area contributed by atoms with Gasteiger partial charge in [-0.25, -0.2) is 8.42 Å². The highest BCUT2D eigenvalue weighted by Gasteiger charge is 2.27. The molecule has 0 aliphatic heterocycles. The normalized spacial score (nSPS) is 13.1. The SMILES string of the molecule is CC[C@H](C)NC(=O)[C@@H](C)N(Cc1ccccc1)C(=O)CCCN(c1cccc(Cl)c1)S(C)(=O)=O. The third-order valence-corrected chi connectivity index (χ3v) is 7.04. The number of hydrogen-bond donors (Lipinski definition) is 1. The fourth-order valence-corrected chi connectivity index (χ4v) is 4.61. The number of anilines is 1. The largest absolute Gasteiger partial charge is 0.352 e. The molecule has 2 atom stereocenters. The van der Waals surface area contributed by atoms with Crippen LogP contribution in [-0.2, 0) is 26.2 Å². The van der Waals surface area contributed by atoms with Gasteiger partial charge >= 0.3 is 0 Å². The lowest BCUT2D eigenvalue weighted by molar-refractivity contribution is -0.140. The molecule has 34 heavy (non-hydrogen) atoms. The Labute approximate surface area is 208 Å². The van der Waals surface area contributed by atoms with Crippen molar-refractivity contribution in [2.24, 2.45) is 0 Å². The topological polar surface area (TPSA) is 86.8 Å². The van der Waals surface area contributed by atoms with Crippen LogP contribution >= 0.6 is 11.6 Å². The standard InChI is InChI=1S/C25H34ClN3O4S/c1-5-19(2)27-25(31)20(3)28(18-21-11-7-6-8-12-21)24(30)15-10-16-29(34(4,32)33)23-14-9-13-22(26)17-23/h6-9,11-14,17,19-20H,5,10,15-16,18H2,1-4H3,(H,27,31)/t19-,20+/m0/s1. The number of halogens is 1. The van der Waals surface area contributed by atoms with E-state index in [1.807, 2.05) is 44.2 Å². The van der Waals surface area contributed by atoms with E-state index >= 15 is 0 Å². The van der Waals surface area contributed by atoms with E-state index < -0.39 is 16.1 Å². The van der Waals surface area contributed by atoms with Crippen LogP contribution in [0.5, 0.6) is 0 Å². The maximum atomic E-state index is 13.2. The zero-order chi connectivity index (χ0) is 25.3. The molecule has 0 spiro atoms. The molecular formula is C25H34ClN3O4S. The van der Waals surface area contributed by atoms with Crippen molar-refractivity contribution >= 4 is 39.1 Å². The summed E-state index contributed by atoms with van der Waals surface area (Å²) in [4.78, 5) is 27.6. The molecule has 7 nitrogen and oxygen atoms in total. The molecule has 0 heterocycles. The first-order valence-electron chi connectivity index (χ1n) is 11.4. The van der Waals surface area contributed by atoms with Gasteiger partial charge in [-0.15, -0.1) is 0 Å². The Bertz CT molecular complexity index is 1060. The number of nitrogens with one attached hydrogen (secondary N) is 1. The molecule has 2 aromatic carbocycles. The molecule has 0 bridgehead atoms. The van der Waals surface area contributed by atoms with Crippen molar-refractivity contribution in [3.8, 4) is 0 Å². The van der Waals surface area contributed by atoms with Crippen molar-refractivity contribution in [3.05, 3.63) is 65.2 Å². The summed E-state index contributed by atoms with van der Waals surface area (Å²) < 4.78 is 26.0. The van der Waals surface area contributed by atoms with Gasteiger partial charge in [0.25, 0.3) is 0 Å². The molecular weight excluding hydrogens is 474 g/mol. The van der Waals surface area contributed by atoms with E-state index in [9.17, 15) is 18.0 Å². The number of hydrogen-bond acceptors (Lipinski definition) is 4. The van der Waals surface area contributed by atoms with E-state index in [-0.39, 0.29) is 30.8 Å². The van der Waals surface area contributed by atoms with E-state index in [0.717, 1.165) is 18.2 Å². The van der Waals surface area contributed by atoms with Gasteiger partial charge in [0.15, 0.2) is 0 Å². The Morgan fingerprint density at radius 2 is 1.74 bits per heavy atom. The molecule has 0 aromatic heterocycles. The summed E-state index contributed by atoms with van der Waals surface area (Å²) >= 11 is 6.03. The molecule has 0 radical (unpaired) electrons. The third-order valence-electron chi connectivity index (χ3n) is 5.61. The van der Waals surface area contributed by atoms with Crippen LogP contribution in [0.25, 0.3) is 0 Å². The molecule has 9 heteroatoms. The summed E-state index contributed by atoms with van der Waals surface area (Å²) in [5, 5.41) is 3.37. The summed E-state index contributed by atoms with van der Waals surface area (Å²) in [6, 6.07) is 15.4. The zero-order valence-electron chi connectivity index (χ0n) is 20.2. The molecule has 0 fully saturated rings. The van der Waals surface area contributed by atoms with Crippen molar-refractivity contribution in [3.63, 3.8) is 0 Å². The fourth-order valence-electron chi connectivity index (χ4n) is 3.46. The average Bonchev–Trinajstić information content (AvgIpc) is 2.79. The number of nitrogens with zero attached hydrogens (tertiary/aromatic N) is 2. The van der Waals surface area contributed by atoms with Gasteiger partial charge in [-0.2, -0.15) is 0 Å². The van der Waals surface area contributed by atoms with Gasteiger partial charge in [0.1, 0.15) is 6.04 Å². The Morgan fingerprint density at radius 1 is 1.06 bits per heavy atom. The van der Waals surface area contributed by atoms with Crippen LogP contribution in [0.1, 0.15) is 45.6 Å². The van der Waals surface area contributed by atoms with Crippen molar-refractivity contribution in [1.29, 1.82) is 0 Å². The first-order chi connectivity index (χ1) is 16.0. The first kappa shape index (κ1) is 27.7. The number of benzene rings is 2. The lowest BCUT2D eigenvalue weighted by atomic mass is 10.1. The van der Waals surface area contributed by atoms with Gasteiger partial charge in [0.05, 0.1) is 11.9 Å². The van der Waals surface area contributed by atoms with Gasteiger partial charge in [-0.05, 0) is 50.5 Å². The lowest BCUT2D eigenvalue weighted by Gasteiger charge is -2.30. The third kappa shape index (κ3) is 8.33. The second-order valence-corrected chi connectivity index (χ2v) is 10.8. The molecule has 1 N–H and O–H groups in total. The summed E-state index contributed by atoms with van der Waals surface area (Å²) in [7, 11) is -3.56. The van der Waals surface area contributed by atoms with E-state index in [1.54, 1.807) is 36.1 Å². The van der Waals surface area contributed by atoms with Gasteiger partial charge < -0.3 is 10.2 Å². The second-order valence-electron chi connectivity index (χ2n) is 8.42. The van der Waals surface area contributed by atoms with Gasteiger partial charge in [-0.1, -0.05) is 54.9 Å². The van der Waals surface area contributed by atoms with Crippen LogP contribution in [0.4, 0.5) is 5.69 Å². The van der Waals surface area contributed by atoms with Crippen molar-refractivity contribution in [1.82, 2.24) is 10.2 Å². The molecule has 2 amide bonds. The average molecular weight is 508 g/mol. The lowest BCUT2D eigenvalue weighted by Crippen LogP contribution is -2.49. The fraction of sp³-hybridized carbons (Fsp3) is 0.440. The van der Waals surface area contributed by atoms with Crippen LogP contribution in [0, 0.1) is 0 Å². The number of rotatable bonds is 12. The maximum absolute atomic E-state index is 13.2. The quantitative estimate of drug-likeness (QED) is 0.466. The van der Waals surface area contributed by atoms with Gasteiger partial charge in [0, 0.05) is 30.6 Å². The van der Waals surface area contributed by atoms with Crippen LogP contribution in [0.15, 0.2) is 54.6 Å². The van der Waals surface area contributed by atoms with Crippen LogP contribution in [-0.4, -0.2) is 50.0 Å². The van der Waals surface area contributed by atoms with Crippen LogP contribution in [0.2, 0.25) is 5.02 Å². The minimum Gasteiger partial charge on any atom is -0.352 e. The predicted octanol–water partition coefficient (Wildman–Crippen LogP) is 4.22. The minimum absolute atomic E-state index is 0.00430. The summed E-state index contributed by atoms with van der Waals surface area (Å²) in [5.74, 6) is -0.425. The van der Waals surface area contributed by atoms with Gasteiger partial charge in [0.2, 0.25) is 21.8 Å². The Morgan fingerprint density at radius 3 is 2.32 bits per heavy atom. The number of carbonyl (C=O) groups is 2. The molecule has 2 rings (SSSR count). The molecule has 2 aromatic rings. The summed E-state index contributed by atoms with van der Waals surface area (Å²) in [5.41, 5.74) is 1.36. The molecule has 186 valence electrons. The monoisotopic (exact) mass is 507 g/mol. The van der Waals surface area contributed by atoms with Crippen molar-refractivity contribution < 1.29 is 18.0 Å². The predicted molar refractivity (Wildman–Crippen MR) is 137 cm³/mol. The number of sulfonamides is 1. The van der Waals surface area contributed by atoms with E-state index in [1.165, 1.54) is 4.31 Å². The second kappa shape index (κ2) is 12.8. The Kier molecular flexibility index (Phi) is 10.4. The smallest absolute Gasteiger partial charge is 0.242 e. The zero-order valence-corrected chi connectivity index (χ0v) is 21.8. The summed E-state index contributed by atoms with van der Waals surface area (Å²) in [6.07, 6.45) is 2.30.